The lowest BCUT2D eigenvalue weighted by atomic mass is 10.1. The van der Waals surface area contributed by atoms with Crippen LogP contribution in [-0.2, 0) is 15.8 Å². The van der Waals surface area contributed by atoms with Crippen molar-refractivity contribution in [2.75, 3.05) is 10.6 Å². The van der Waals surface area contributed by atoms with Crippen molar-refractivity contribution in [3.8, 4) is 5.75 Å². The van der Waals surface area contributed by atoms with Crippen molar-refractivity contribution >= 4 is 23.2 Å². The molecule has 144 valence electrons. The van der Waals surface area contributed by atoms with E-state index < -0.39 is 35.7 Å². The molecule has 0 aliphatic carbocycles. The molecule has 0 unspecified atom stereocenters. The van der Waals surface area contributed by atoms with Gasteiger partial charge in [-0.05, 0) is 38.1 Å². The first-order chi connectivity index (χ1) is 12.7. The van der Waals surface area contributed by atoms with Crippen molar-refractivity contribution in [3.05, 3.63) is 54.1 Å². The zero-order chi connectivity index (χ0) is 20.0. The van der Waals surface area contributed by atoms with Gasteiger partial charge in [0.25, 0.3) is 0 Å². The minimum absolute atomic E-state index is 0.120. The fourth-order valence-electron chi connectivity index (χ4n) is 2.30. The second kappa shape index (κ2) is 8.57. The van der Waals surface area contributed by atoms with Gasteiger partial charge in [0.2, 0.25) is 11.8 Å². The highest BCUT2D eigenvalue weighted by atomic mass is 19.4. The van der Waals surface area contributed by atoms with E-state index in [1.165, 1.54) is 12.1 Å². The highest BCUT2D eigenvalue weighted by Crippen LogP contribution is 2.34. The number of benzene rings is 2. The topological polar surface area (TPSA) is 67.4 Å². The number of alkyl halides is 3. The Morgan fingerprint density at radius 3 is 2.04 bits per heavy atom. The summed E-state index contributed by atoms with van der Waals surface area (Å²) < 4.78 is 44.4. The molecule has 0 saturated heterocycles. The molecule has 0 heterocycles. The molecule has 0 saturated carbocycles. The summed E-state index contributed by atoms with van der Waals surface area (Å²) in [7, 11) is 0. The molecular formula is C19H19F3N2O3. The van der Waals surface area contributed by atoms with Gasteiger partial charge in [0.15, 0.2) is 0 Å². The monoisotopic (exact) mass is 380 g/mol. The summed E-state index contributed by atoms with van der Waals surface area (Å²) in [6, 6.07) is 11.2. The number of carbonyl (C=O) groups is 2. The molecule has 0 atom stereocenters. The van der Waals surface area contributed by atoms with Crippen LogP contribution in [0.1, 0.15) is 25.8 Å². The average molecular weight is 380 g/mol. The van der Waals surface area contributed by atoms with E-state index in [-0.39, 0.29) is 6.10 Å². The van der Waals surface area contributed by atoms with E-state index in [1.807, 2.05) is 13.8 Å². The third-order valence-corrected chi connectivity index (χ3v) is 3.35. The first-order valence-electron chi connectivity index (χ1n) is 8.18. The van der Waals surface area contributed by atoms with Gasteiger partial charge in [0, 0.05) is 0 Å². The molecular weight excluding hydrogens is 361 g/mol. The lowest BCUT2D eigenvalue weighted by Crippen LogP contribution is -2.23. The smallest absolute Gasteiger partial charge is 0.418 e. The third kappa shape index (κ3) is 6.02. The average Bonchev–Trinajstić information content (AvgIpc) is 2.55. The second-order valence-corrected chi connectivity index (χ2v) is 5.98. The summed E-state index contributed by atoms with van der Waals surface area (Å²) in [6.45, 7) is 3.65. The van der Waals surface area contributed by atoms with Gasteiger partial charge in [-0.2, -0.15) is 13.2 Å². The Morgan fingerprint density at radius 2 is 1.44 bits per heavy atom. The Morgan fingerprint density at radius 1 is 0.926 bits per heavy atom. The number of carbonyl (C=O) groups excluding carboxylic acids is 2. The van der Waals surface area contributed by atoms with Crippen LogP contribution in [0.5, 0.6) is 5.75 Å². The molecule has 2 N–H and O–H groups in total. The van der Waals surface area contributed by atoms with Crippen LogP contribution in [0.4, 0.5) is 24.5 Å². The Balaban J connectivity index is 2.03. The van der Waals surface area contributed by atoms with Gasteiger partial charge in [0.05, 0.1) is 23.0 Å². The van der Waals surface area contributed by atoms with E-state index in [0.717, 1.165) is 12.1 Å². The molecule has 2 rings (SSSR count). The van der Waals surface area contributed by atoms with Crippen LogP contribution in [0.2, 0.25) is 0 Å². The van der Waals surface area contributed by atoms with Crippen LogP contribution in [0, 0.1) is 0 Å². The number of halogens is 3. The summed E-state index contributed by atoms with van der Waals surface area (Å²) in [5.74, 6) is -1.09. The quantitative estimate of drug-likeness (QED) is 0.727. The first-order valence-corrected chi connectivity index (χ1v) is 8.18. The van der Waals surface area contributed by atoms with Crippen LogP contribution in [0.25, 0.3) is 0 Å². The van der Waals surface area contributed by atoms with E-state index in [9.17, 15) is 22.8 Å². The first kappa shape index (κ1) is 20.3. The summed E-state index contributed by atoms with van der Waals surface area (Å²) in [5, 5.41) is 4.66. The van der Waals surface area contributed by atoms with E-state index in [2.05, 4.69) is 10.6 Å². The van der Waals surface area contributed by atoms with Gasteiger partial charge >= 0.3 is 6.18 Å². The van der Waals surface area contributed by atoms with E-state index in [0.29, 0.717) is 11.4 Å². The molecule has 2 aromatic rings. The molecule has 5 nitrogen and oxygen atoms in total. The lowest BCUT2D eigenvalue weighted by molar-refractivity contribution is -0.137. The zero-order valence-corrected chi connectivity index (χ0v) is 14.8. The highest BCUT2D eigenvalue weighted by Gasteiger charge is 2.33. The zero-order valence-electron chi connectivity index (χ0n) is 14.8. The normalized spacial score (nSPS) is 11.2. The summed E-state index contributed by atoms with van der Waals surface area (Å²) in [4.78, 5) is 24.1. The van der Waals surface area contributed by atoms with Crippen LogP contribution in [-0.4, -0.2) is 17.9 Å². The fraction of sp³-hybridized carbons (Fsp3) is 0.263. The fourth-order valence-corrected chi connectivity index (χ4v) is 2.30. The Kier molecular flexibility index (Phi) is 6.44. The maximum absolute atomic E-state index is 13.0. The van der Waals surface area contributed by atoms with Crippen molar-refractivity contribution in [1.29, 1.82) is 0 Å². The molecule has 0 aromatic heterocycles. The lowest BCUT2D eigenvalue weighted by Gasteiger charge is -2.15. The van der Waals surface area contributed by atoms with Gasteiger partial charge < -0.3 is 15.4 Å². The number of hydrogen-bond donors (Lipinski definition) is 2. The molecule has 27 heavy (non-hydrogen) atoms. The van der Waals surface area contributed by atoms with Crippen molar-refractivity contribution in [3.63, 3.8) is 0 Å². The van der Waals surface area contributed by atoms with E-state index >= 15 is 0 Å². The molecule has 2 aromatic carbocycles. The van der Waals surface area contributed by atoms with Crippen molar-refractivity contribution < 1.29 is 27.5 Å². The predicted octanol–water partition coefficient (Wildman–Crippen LogP) is 4.46. The molecule has 0 bridgehead atoms. The number of para-hydroxylation sites is 3. The van der Waals surface area contributed by atoms with E-state index in [1.54, 1.807) is 24.3 Å². The second-order valence-electron chi connectivity index (χ2n) is 5.98. The van der Waals surface area contributed by atoms with Crippen LogP contribution in [0.15, 0.2) is 48.5 Å². The van der Waals surface area contributed by atoms with Crippen molar-refractivity contribution in [1.82, 2.24) is 0 Å². The number of ether oxygens (including phenoxy) is 1. The minimum Gasteiger partial charge on any atom is -0.489 e. The van der Waals surface area contributed by atoms with Crippen molar-refractivity contribution in [2.24, 2.45) is 0 Å². The number of hydrogen-bond acceptors (Lipinski definition) is 3. The van der Waals surface area contributed by atoms with Gasteiger partial charge in [-0.3, -0.25) is 9.59 Å². The van der Waals surface area contributed by atoms with Gasteiger partial charge in [-0.25, -0.2) is 0 Å². The van der Waals surface area contributed by atoms with E-state index in [4.69, 9.17) is 4.74 Å². The maximum Gasteiger partial charge on any atom is 0.418 e. The molecule has 0 radical (unpaired) electrons. The Bertz CT molecular complexity index is 820. The highest BCUT2D eigenvalue weighted by molar-refractivity contribution is 6.08. The third-order valence-electron chi connectivity index (χ3n) is 3.35. The molecule has 0 spiro atoms. The molecule has 8 heteroatoms. The predicted molar refractivity (Wildman–Crippen MR) is 95.5 cm³/mol. The largest absolute Gasteiger partial charge is 0.489 e. The summed E-state index contributed by atoms with van der Waals surface area (Å²) in [5.41, 5.74) is -1.000. The Labute approximate surface area is 154 Å². The minimum atomic E-state index is -4.61. The number of amides is 2. The van der Waals surface area contributed by atoms with Gasteiger partial charge in [0.1, 0.15) is 12.2 Å². The standard InChI is InChI=1S/C19H19F3N2O3/c1-12(2)27-16-10-6-5-9-15(16)24-18(26)11-17(25)23-14-8-4-3-7-13(14)19(20,21)22/h3-10,12H,11H2,1-2H3,(H,23,25)(H,24,26). The van der Waals surface area contributed by atoms with Crippen molar-refractivity contribution in [2.45, 2.75) is 32.5 Å². The van der Waals surface area contributed by atoms with Crippen LogP contribution < -0.4 is 15.4 Å². The van der Waals surface area contributed by atoms with Gasteiger partial charge in [-0.15, -0.1) is 0 Å². The maximum atomic E-state index is 13.0. The van der Waals surface area contributed by atoms with Crippen LogP contribution in [0.3, 0.4) is 0 Å². The molecule has 0 aliphatic heterocycles. The summed E-state index contributed by atoms with van der Waals surface area (Å²) >= 11 is 0. The van der Waals surface area contributed by atoms with Gasteiger partial charge in [-0.1, -0.05) is 24.3 Å². The number of anilines is 2. The SMILES string of the molecule is CC(C)Oc1ccccc1NC(=O)CC(=O)Nc1ccccc1C(F)(F)F. The summed E-state index contributed by atoms with van der Waals surface area (Å²) in [6.07, 6.45) is -5.37. The molecule has 0 fully saturated rings. The Hall–Kier alpha value is -3.03. The number of rotatable bonds is 6. The van der Waals surface area contributed by atoms with Crippen LogP contribution >= 0.6 is 0 Å². The molecule has 2 amide bonds. The number of nitrogens with one attached hydrogen (secondary N) is 2. The molecule has 0 aliphatic rings.